The number of carbonyl (C=O) groups is 1. The summed E-state index contributed by atoms with van der Waals surface area (Å²) in [7, 11) is 0. The molecule has 0 spiro atoms. The normalized spacial score (nSPS) is 10.7. The van der Waals surface area contributed by atoms with Gasteiger partial charge >= 0.3 is 0 Å². The van der Waals surface area contributed by atoms with Crippen LogP contribution in [0.4, 0.5) is 0 Å². The van der Waals surface area contributed by atoms with Crippen molar-refractivity contribution in [3.63, 3.8) is 0 Å². The van der Waals surface area contributed by atoms with E-state index < -0.39 is 0 Å². The summed E-state index contributed by atoms with van der Waals surface area (Å²) in [6.07, 6.45) is 2.19. The maximum absolute atomic E-state index is 11.9. The number of rotatable bonds is 7. The quantitative estimate of drug-likeness (QED) is 0.799. The fourth-order valence-electron chi connectivity index (χ4n) is 2.06. The molecule has 2 rings (SSSR count). The summed E-state index contributed by atoms with van der Waals surface area (Å²) in [6, 6.07) is 10.0. The van der Waals surface area contributed by atoms with E-state index in [0.29, 0.717) is 25.6 Å². The number of hydrogen-bond acceptors (Lipinski definition) is 3. The molecular formula is C17H23N3O2. The largest absolute Gasteiger partial charge is 0.491 e. The Morgan fingerprint density at radius 1 is 1.32 bits per heavy atom. The Kier molecular flexibility index (Phi) is 5.58. The van der Waals surface area contributed by atoms with Crippen molar-refractivity contribution in [2.75, 3.05) is 13.2 Å². The lowest BCUT2D eigenvalue weighted by atomic mass is 10.2. The minimum Gasteiger partial charge on any atom is -0.491 e. The van der Waals surface area contributed by atoms with Gasteiger partial charge in [0.15, 0.2) is 0 Å². The highest BCUT2D eigenvalue weighted by Crippen LogP contribution is 2.15. The molecule has 2 aromatic rings. The SMILES string of the molecule is Cc1ccccc1OCCNC(=O)Cc1ccn(C(C)C)n1. The second kappa shape index (κ2) is 7.64. The molecule has 1 heterocycles. The van der Waals surface area contributed by atoms with Crippen LogP contribution in [0.25, 0.3) is 0 Å². The lowest BCUT2D eigenvalue weighted by Crippen LogP contribution is -2.29. The predicted octanol–water partition coefficient (Wildman–Crippen LogP) is 2.51. The summed E-state index contributed by atoms with van der Waals surface area (Å²) in [5.74, 6) is 0.815. The van der Waals surface area contributed by atoms with Gasteiger partial charge in [0.2, 0.25) is 5.91 Å². The topological polar surface area (TPSA) is 56.1 Å². The van der Waals surface area contributed by atoms with Crippen LogP contribution in [0.1, 0.15) is 31.1 Å². The van der Waals surface area contributed by atoms with Gasteiger partial charge < -0.3 is 10.1 Å². The molecular weight excluding hydrogens is 278 g/mol. The Bertz CT molecular complexity index is 620. The number of nitrogens with one attached hydrogen (secondary N) is 1. The fraction of sp³-hybridized carbons (Fsp3) is 0.412. The van der Waals surface area contributed by atoms with Gasteiger partial charge in [-0.1, -0.05) is 18.2 Å². The van der Waals surface area contributed by atoms with Gasteiger partial charge in [0.05, 0.1) is 18.7 Å². The molecule has 1 N–H and O–H groups in total. The number of aromatic nitrogens is 2. The van der Waals surface area contributed by atoms with E-state index in [1.807, 2.05) is 48.1 Å². The second-order valence-electron chi connectivity index (χ2n) is 5.52. The molecule has 1 aromatic carbocycles. The van der Waals surface area contributed by atoms with Crippen molar-refractivity contribution in [3.05, 3.63) is 47.8 Å². The summed E-state index contributed by atoms with van der Waals surface area (Å²) >= 11 is 0. The van der Waals surface area contributed by atoms with Gasteiger partial charge in [-0.2, -0.15) is 5.10 Å². The van der Waals surface area contributed by atoms with E-state index in [1.54, 1.807) is 0 Å². The van der Waals surface area contributed by atoms with Crippen LogP contribution in [0.5, 0.6) is 5.75 Å². The van der Waals surface area contributed by atoms with Crippen LogP contribution in [-0.4, -0.2) is 28.8 Å². The van der Waals surface area contributed by atoms with Crippen molar-refractivity contribution in [1.82, 2.24) is 15.1 Å². The molecule has 0 unspecified atom stereocenters. The third kappa shape index (κ3) is 4.62. The number of hydrogen-bond donors (Lipinski definition) is 1. The Morgan fingerprint density at radius 3 is 2.77 bits per heavy atom. The first-order chi connectivity index (χ1) is 10.6. The van der Waals surface area contributed by atoms with Gasteiger partial charge in [0.1, 0.15) is 12.4 Å². The summed E-state index contributed by atoms with van der Waals surface area (Å²) in [4.78, 5) is 11.9. The zero-order valence-corrected chi connectivity index (χ0v) is 13.4. The average molecular weight is 301 g/mol. The third-order valence-corrected chi connectivity index (χ3v) is 3.31. The molecule has 118 valence electrons. The van der Waals surface area contributed by atoms with Crippen LogP contribution in [0.15, 0.2) is 36.5 Å². The number of ether oxygens (including phenoxy) is 1. The van der Waals surface area contributed by atoms with Crippen LogP contribution in [0.3, 0.4) is 0 Å². The molecule has 0 aliphatic heterocycles. The van der Waals surface area contributed by atoms with Gasteiger partial charge in [-0.15, -0.1) is 0 Å². The molecule has 0 aliphatic carbocycles. The lowest BCUT2D eigenvalue weighted by molar-refractivity contribution is -0.120. The molecule has 0 aliphatic rings. The zero-order chi connectivity index (χ0) is 15.9. The van der Waals surface area contributed by atoms with E-state index in [9.17, 15) is 4.79 Å². The summed E-state index contributed by atoms with van der Waals surface area (Å²) < 4.78 is 7.49. The van der Waals surface area contributed by atoms with Crippen molar-refractivity contribution >= 4 is 5.91 Å². The van der Waals surface area contributed by atoms with Gasteiger partial charge in [-0.05, 0) is 38.5 Å². The minimum absolute atomic E-state index is 0.0395. The number of nitrogens with zero attached hydrogens (tertiary/aromatic N) is 2. The third-order valence-electron chi connectivity index (χ3n) is 3.31. The highest BCUT2D eigenvalue weighted by atomic mass is 16.5. The van der Waals surface area contributed by atoms with Crippen molar-refractivity contribution in [2.24, 2.45) is 0 Å². The predicted molar refractivity (Wildman–Crippen MR) is 86.0 cm³/mol. The molecule has 22 heavy (non-hydrogen) atoms. The lowest BCUT2D eigenvalue weighted by Gasteiger charge is -2.09. The second-order valence-corrected chi connectivity index (χ2v) is 5.52. The van der Waals surface area contributed by atoms with Crippen molar-refractivity contribution in [1.29, 1.82) is 0 Å². The van der Waals surface area contributed by atoms with Crippen LogP contribution in [-0.2, 0) is 11.2 Å². The smallest absolute Gasteiger partial charge is 0.226 e. The fourth-order valence-corrected chi connectivity index (χ4v) is 2.06. The van der Waals surface area contributed by atoms with Crippen LogP contribution in [0, 0.1) is 6.92 Å². The van der Waals surface area contributed by atoms with E-state index in [4.69, 9.17) is 4.74 Å². The van der Waals surface area contributed by atoms with Crippen molar-refractivity contribution in [2.45, 2.75) is 33.2 Å². The number of carbonyl (C=O) groups excluding carboxylic acids is 1. The van der Waals surface area contributed by atoms with Crippen LogP contribution >= 0.6 is 0 Å². The first-order valence-corrected chi connectivity index (χ1v) is 7.55. The summed E-state index contributed by atoms with van der Waals surface area (Å²) in [5.41, 5.74) is 1.87. The molecule has 1 amide bonds. The molecule has 0 saturated carbocycles. The van der Waals surface area contributed by atoms with E-state index in [2.05, 4.69) is 24.3 Å². The highest BCUT2D eigenvalue weighted by molar-refractivity contribution is 5.78. The van der Waals surface area contributed by atoms with E-state index in [0.717, 1.165) is 17.0 Å². The van der Waals surface area contributed by atoms with E-state index >= 15 is 0 Å². The molecule has 5 heteroatoms. The monoisotopic (exact) mass is 301 g/mol. The Hall–Kier alpha value is -2.30. The van der Waals surface area contributed by atoms with Gasteiger partial charge in [-0.3, -0.25) is 9.48 Å². The number of amides is 1. The molecule has 0 saturated heterocycles. The van der Waals surface area contributed by atoms with Crippen molar-refractivity contribution < 1.29 is 9.53 Å². The Balaban J connectivity index is 1.70. The van der Waals surface area contributed by atoms with Gasteiger partial charge in [0.25, 0.3) is 0 Å². The van der Waals surface area contributed by atoms with Crippen molar-refractivity contribution in [3.8, 4) is 5.75 Å². The molecule has 0 radical (unpaired) electrons. The Labute approximate surface area is 131 Å². The number of aryl methyl sites for hydroxylation is 1. The maximum Gasteiger partial charge on any atom is 0.226 e. The molecule has 0 bridgehead atoms. The number of benzene rings is 1. The summed E-state index contributed by atoms with van der Waals surface area (Å²) in [6.45, 7) is 7.05. The number of para-hydroxylation sites is 1. The Morgan fingerprint density at radius 2 is 2.09 bits per heavy atom. The van der Waals surface area contributed by atoms with Crippen LogP contribution < -0.4 is 10.1 Å². The molecule has 1 aromatic heterocycles. The molecule has 0 atom stereocenters. The van der Waals surface area contributed by atoms with E-state index in [1.165, 1.54) is 0 Å². The molecule has 0 fully saturated rings. The average Bonchev–Trinajstić information content (AvgIpc) is 2.94. The van der Waals surface area contributed by atoms with Gasteiger partial charge in [-0.25, -0.2) is 0 Å². The maximum atomic E-state index is 11.9. The minimum atomic E-state index is -0.0395. The van der Waals surface area contributed by atoms with E-state index in [-0.39, 0.29) is 5.91 Å². The standard InChI is InChI=1S/C17H23N3O2/c1-13(2)20-10-8-15(19-20)12-17(21)18-9-11-22-16-7-5-4-6-14(16)3/h4-8,10,13H,9,11-12H2,1-3H3,(H,18,21). The highest BCUT2D eigenvalue weighted by Gasteiger charge is 2.07. The zero-order valence-electron chi connectivity index (χ0n) is 13.4. The summed E-state index contributed by atoms with van der Waals surface area (Å²) in [5, 5.41) is 7.21. The van der Waals surface area contributed by atoms with Crippen LogP contribution in [0.2, 0.25) is 0 Å². The first kappa shape index (κ1) is 16.1. The first-order valence-electron chi connectivity index (χ1n) is 7.55. The van der Waals surface area contributed by atoms with Gasteiger partial charge in [0, 0.05) is 12.2 Å². The molecule has 5 nitrogen and oxygen atoms in total.